The van der Waals surface area contributed by atoms with E-state index < -0.39 is 0 Å². The second-order valence-electron chi connectivity index (χ2n) is 6.59. The maximum atomic E-state index is 12.4. The Morgan fingerprint density at radius 2 is 1.65 bits per heavy atom. The molecule has 0 spiro atoms. The van der Waals surface area contributed by atoms with Crippen molar-refractivity contribution >= 4 is 5.91 Å². The number of carbonyl (C=O) groups is 1. The molecule has 0 atom stereocenters. The summed E-state index contributed by atoms with van der Waals surface area (Å²) in [6, 6.07) is 0.647. The lowest BCUT2D eigenvalue weighted by Gasteiger charge is -2.37. The first-order valence-electron chi connectivity index (χ1n) is 8.34. The van der Waals surface area contributed by atoms with Gasteiger partial charge in [-0.3, -0.25) is 4.79 Å². The van der Waals surface area contributed by atoms with E-state index >= 15 is 0 Å². The molecule has 4 nitrogen and oxygen atoms in total. The quantitative estimate of drug-likeness (QED) is 0.784. The van der Waals surface area contributed by atoms with Crippen LogP contribution >= 0.6 is 0 Å². The van der Waals surface area contributed by atoms with Gasteiger partial charge in [0.05, 0.1) is 0 Å². The summed E-state index contributed by atoms with van der Waals surface area (Å²) in [6.45, 7) is 14.1. The first kappa shape index (κ1) is 15.8. The minimum Gasteiger partial charge on any atom is -0.340 e. The number of piperazine rings is 1. The average molecular weight is 281 g/mol. The van der Waals surface area contributed by atoms with Gasteiger partial charge >= 0.3 is 0 Å². The van der Waals surface area contributed by atoms with Gasteiger partial charge in [0.1, 0.15) is 0 Å². The van der Waals surface area contributed by atoms with Crippen molar-refractivity contribution in [3.05, 3.63) is 0 Å². The van der Waals surface area contributed by atoms with Crippen LogP contribution in [0.2, 0.25) is 0 Å². The Kier molecular flexibility index (Phi) is 5.85. The molecule has 4 heteroatoms. The number of rotatable bonds is 4. The molecule has 2 saturated heterocycles. The zero-order chi connectivity index (χ0) is 14.5. The van der Waals surface area contributed by atoms with E-state index in [9.17, 15) is 4.79 Å². The molecule has 0 aromatic carbocycles. The van der Waals surface area contributed by atoms with Crippen molar-refractivity contribution in [1.29, 1.82) is 0 Å². The monoisotopic (exact) mass is 281 g/mol. The smallest absolute Gasteiger partial charge is 0.222 e. The Hall–Kier alpha value is -0.610. The molecule has 20 heavy (non-hydrogen) atoms. The number of hydrogen-bond acceptors (Lipinski definition) is 3. The molecule has 0 bridgehead atoms. The minimum atomic E-state index is 0.392. The van der Waals surface area contributed by atoms with Gasteiger partial charge in [-0.15, -0.1) is 0 Å². The van der Waals surface area contributed by atoms with E-state index in [1.54, 1.807) is 0 Å². The average Bonchev–Trinajstić information content (AvgIpc) is 2.48. The lowest BCUT2D eigenvalue weighted by molar-refractivity contribution is -0.134. The van der Waals surface area contributed by atoms with Crippen molar-refractivity contribution in [2.75, 3.05) is 45.8 Å². The van der Waals surface area contributed by atoms with E-state index in [-0.39, 0.29) is 0 Å². The maximum absolute atomic E-state index is 12.4. The Morgan fingerprint density at radius 3 is 2.15 bits per heavy atom. The van der Waals surface area contributed by atoms with Crippen LogP contribution in [-0.4, -0.2) is 72.5 Å². The molecule has 2 rings (SSSR count). The van der Waals surface area contributed by atoms with E-state index in [1.807, 2.05) is 0 Å². The number of hydrogen-bond donors (Lipinski definition) is 0. The van der Waals surface area contributed by atoms with Crippen molar-refractivity contribution in [1.82, 2.24) is 14.7 Å². The van der Waals surface area contributed by atoms with Crippen molar-refractivity contribution < 1.29 is 4.79 Å². The molecule has 0 unspecified atom stereocenters. The molecular weight excluding hydrogens is 250 g/mol. The number of nitrogens with zero attached hydrogens (tertiary/aromatic N) is 3. The zero-order valence-electron chi connectivity index (χ0n) is 13.5. The fourth-order valence-corrected chi connectivity index (χ4v) is 3.36. The molecule has 1 amide bonds. The third-order valence-electron chi connectivity index (χ3n) is 5.01. The lowest BCUT2D eigenvalue weighted by Crippen LogP contribution is -2.49. The highest BCUT2D eigenvalue weighted by atomic mass is 16.2. The van der Waals surface area contributed by atoms with Crippen LogP contribution in [-0.2, 0) is 4.79 Å². The summed E-state index contributed by atoms with van der Waals surface area (Å²) in [4.78, 5) is 19.4. The van der Waals surface area contributed by atoms with Crippen molar-refractivity contribution in [3.8, 4) is 0 Å². The Morgan fingerprint density at radius 1 is 1.05 bits per heavy atom. The third kappa shape index (κ3) is 4.19. The van der Waals surface area contributed by atoms with Crippen molar-refractivity contribution in [2.24, 2.45) is 5.92 Å². The molecule has 0 aromatic rings. The van der Waals surface area contributed by atoms with Gasteiger partial charge in [0.15, 0.2) is 0 Å². The highest BCUT2D eigenvalue weighted by molar-refractivity contribution is 5.76. The molecule has 116 valence electrons. The fraction of sp³-hybridized carbons (Fsp3) is 0.938. The van der Waals surface area contributed by atoms with Crippen LogP contribution in [0.25, 0.3) is 0 Å². The molecule has 0 N–H and O–H groups in total. The van der Waals surface area contributed by atoms with Gasteiger partial charge in [0, 0.05) is 38.6 Å². The molecule has 2 fully saturated rings. The minimum absolute atomic E-state index is 0.392. The Balaban J connectivity index is 1.70. The normalized spacial score (nSPS) is 23.5. The van der Waals surface area contributed by atoms with Crippen LogP contribution in [0.5, 0.6) is 0 Å². The summed E-state index contributed by atoms with van der Waals surface area (Å²) in [6.07, 6.45) is 3.16. The number of carbonyl (C=O) groups excluding carboxylic acids is 1. The zero-order valence-corrected chi connectivity index (χ0v) is 13.5. The number of likely N-dealkylation sites (tertiary alicyclic amines) is 1. The van der Waals surface area contributed by atoms with Crippen LogP contribution in [0, 0.1) is 5.92 Å². The predicted octanol–water partition coefficient (Wildman–Crippen LogP) is 1.66. The predicted molar refractivity (Wildman–Crippen MR) is 82.7 cm³/mol. The highest BCUT2D eigenvalue weighted by Gasteiger charge is 2.26. The molecule has 2 aliphatic rings. The van der Waals surface area contributed by atoms with Gasteiger partial charge in [-0.2, -0.15) is 0 Å². The fourth-order valence-electron chi connectivity index (χ4n) is 3.36. The standard InChI is InChI=1S/C16H31N3O/c1-4-17-9-11-19(12-10-17)16(20)13-15-5-7-18(8-6-15)14(2)3/h14-15H,4-13H2,1-3H3. The second kappa shape index (κ2) is 7.41. The molecular formula is C16H31N3O. The van der Waals surface area contributed by atoms with E-state index in [0.717, 1.165) is 39.1 Å². The van der Waals surface area contributed by atoms with Crippen LogP contribution in [0.1, 0.15) is 40.0 Å². The number of piperidine rings is 1. The summed E-state index contributed by atoms with van der Waals surface area (Å²) in [5, 5.41) is 0. The van der Waals surface area contributed by atoms with Gasteiger partial charge in [-0.05, 0) is 52.2 Å². The van der Waals surface area contributed by atoms with Crippen molar-refractivity contribution in [3.63, 3.8) is 0 Å². The van der Waals surface area contributed by atoms with E-state index in [4.69, 9.17) is 0 Å². The van der Waals surface area contributed by atoms with E-state index in [0.29, 0.717) is 17.9 Å². The van der Waals surface area contributed by atoms with E-state index in [1.165, 1.54) is 25.9 Å². The van der Waals surface area contributed by atoms with Crippen LogP contribution in [0.3, 0.4) is 0 Å². The SMILES string of the molecule is CCN1CCN(C(=O)CC2CCN(C(C)C)CC2)CC1. The summed E-state index contributed by atoms with van der Waals surface area (Å²) in [5.74, 6) is 1.01. The maximum Gasteiger partial charge on any atom is 0.222 e. The van der Waals surface area contributed by atoms with Crippen molar-refractivity contribution in [2.45, 2.75) is 46.1 Å². The molecule has 0 aliphatic carbocycles. The van der Waals surface area contributed by atoms with Gasteiger partial charge in [-0.25, -0.2) is 0 Å². The summed E-state index contributed by atoms with van der Waals surface area (Å²) in [5.41, 5.74) is 0. The largest absolute Gasteiger partial charge is 0.340 e. The summed E-state index contributed by atoms with van der Waals surface area (Å²) >= 11 is 0. The molecule has 0 aromatic heterocycles. The number of amides is 1. The molecule has 0 radical (unpaired) electrons. The van der Waals surface area contributed by atoms with Gasteiger partial charge in [0.2, 0.25) is 5.91 Å². The molecule has 2 aliphatic heterocycles. The van der Waals surface area contributed by atoms with Crippen LogP contribution in [0.4, 0.5) is 0 Å². The van der Waals surface area contributed by atoms with Gasteiger partial charge < -0.3 is 14.7 Å². The van der Waals surface area contributed by atoms with E-state index in [2.05, 4.69) is 35.5 Å². The highest BCUT2D eigenvalue weighted by Crippen LogP contribution is 2.22. The first-order valence-corrected chi connectivity index (χ1v) is 8.34. The first-order chi connectivity index (χ1) is 9.60. The van der Waals surface area contributed by atoms with Crippen LogP contribution < -0.4 is 0 Å². The second-order valence-corrected chi connectivity index (χ2v) is 6.59. The van der Waals surface area contributed by atoms with Gasteiger partial charge in [0.25, 0.3) is 0 Å². The molecule has 2 heterocycles. The van der Waals surface area contributed by atoms with Crippen LogP contribution in [0.15, 0.2) is 0 Å². The number of likely N-dealkylation sites (N-methyl/N-ethyl adjacent to an activating group) is 1. The third-order valence-corrected chi connectivity index (χ3v) is 5.01. The Labute approximate surface area is 124 Å². The summed E-state index contributed by atoms with van der Waals surface area (Å²) in [7, 11) is 0. The topological polar surface area (TPSA) is 26.8 Å². The molecule has 0 saturated carbocycles. The summed E-state index contributed by atoms with van der Waals surface area (Å²) < 4.78 is 0. The Bertz CT molecular complexity index is 303. The van der Waals surface area contributed by atoms with Gasteiger partial charge in [-0.1, -0.05) is 6.92 Å². The lowest BCUT2D eigenvalue weighted by atomic mass is 9.92.